The van der Waals surface area contributed by atoms with Crippen LogP contribution in [-0.4, -0.2) is 48.5 Å². The van der Waals surface area contributed by atoms with Gasteiger partial charge in [-0.3, -0.25) is 9.59 Å². The molecular formula is C25H21ClN4O7S. The number of amides is 2. The topological polar surface area (TPSA) is 158 Å². The maximum Gasteiger partial charge on any atom is 0.338 e. The molecule has 0 radical (unpaired) electrons. The molecule has 11 nitrogen and oxygen atoms in total. The van der Waals surface area contributed by atoms with Gasteiger partial charge in [-0.05, 0) is 43.3 Å². The first-order valence-corrected chi connectivity index (χ1v) is 13.3. The Morgan fingerprint density at radius 2 is 1.71 bits per heavy atom. The minimum atomic E-state index is -3.81. The number of nitrogens with zero attached hydrogens (tertiary/aromatic N) is 2. The molecule has 0 saturated carbocycles. The van der Waals surface area contributed by atoms with Gasteiger partial charge in [-0.2, -0.15) is 0 Å². The minimum Gasteiger partial charge on any atom is -0.462 e. The number of rotatable bonds is 8. The highest BCUT2D eigenvalue weighted by atomic mass is 35.5. The standard InChI is InChI=1S/C25H21ClN4O7S/c1-3-36-24(33)14-9-11-15(12-10-14)28-23(32)21-19(16-7-5-6-8-18(16)37-21)29-22(31)20-17(26)13-27-25(30-20)38(34,35)4-2/h5-13H,3-4H2,1-2H3,(H,28,32)(H,29,31). The molecule has 2 N–H and O–H groups in total. The molecule has 2 heterocycles. The summed E-state index contributed by atoms with van der Waals surface area (Å²) in [5.41, 5.74) is 0.621. The summed E-state index contributed by atoms with van der Waals surface area (Å²) in [6, 6.07) is 12.6. The van der Waals surface area contributed by atoms with Crippen LogP contribution in [0.15, 0.2) is 64.3 Å². The fourth-order valence-corrected chi connectivity index (χ4v) is 4.26. The average molecular weight is 557 g/mol. The van der Waals surface area contributed by atoms with Crippen LogP contribution < -0.4 is 10.6 Å². The van der Waals surface area contributed by atoms with Gasteiger partial charge in [0.2, 0.25) is 20.8 Å². The summed E-state index contributed by atoms with van der Waals surface area (Å²) in [7, 11) is -3.81. The quantitative estimate of drug-likeness (QED) is 0.238. The van der Waals surface area contributed by atoms with E-state index in [0.717, 1.165) is 6.20 Å². The van der Waals surface area contributed by atoms with Crippen LogP contribution in [0.2, 0.25) is 5.02 Å². The van der Waals surface area contributed by atoms with E-state index >= 15 is 0 Å². The first kappa shape index (κ1) is 26.8. The third-order valence-corrected chi connectivity index (χ3v) is 7.08. The maximum atomic E-state index is 13.2. The van der Waals surface area contributed by atoms with Crippen molar-refractivity contribution in [3.8, 4) is 0 Å². The van der Waals surface area contributed by atoms with Crippen molar-refractivity contribution >= 4 is 61.6 Å². The molecular weight excluding hydrogens is 536 g/mol. The highest BCUT2D eigenvalue weighted by Crippen LogP contribution is 2.32. The van der Waals surface area contributed by atoms with Gasteiger partial charge in [-0.25, -0.2) is 23.2 Å². The Kier molecular flexibility index (Phi) is 7.74. The zero-order valence-electron chi connectivity index (χ0n) is 20.1. The predicted molar refractivity (Wildman–Crippen MR) is 139 cm³/mol. The lowest BCUT2D eigenvalue weighted by Crippen LogP contribution is -2.20. The summed E-state index contributed by atoms with van der Waals surface area (Å²) in [5.74, 6) is -2.55. The van der Waals surface area contributed by atoms with Gasteiger partial charge < -0.3 is 19.8 Å². The van der Waals surface area contributed by atoms with Crippen molar-refractivity contribution in [3.63, 3.8) is 0 Å². The molecule has 2 amide bonds. The van der Waals surface area contributed by atoms with Crippen molar-refractivity contribution in [2.24, 2.45) is 0 Å². The number of fused-ring (bicyclic) bond motifs is 1. The number of hydrogen-bond donors (Lipinski definition) is 2. The van der Waals surface area contributed by atoms with Gasteiger partial charge >= 0.3 is 5.97 Å². The number of carbonyl (C=O) groups excluding carboxylic acids is 3. The number of para-hydroxylation sites is 1. The van der Waals surface area contributed by atoms with Gasteiger partial charge in [0.05, 0.1) is 29.1 Å². The molecule has 0 atom stereocenters. The van der Waals surface area contributed by atoms with Crippen molar-refractivity contribution < 1.29 is 32.0 Å². The number of esters is 1. The first-order valence-electron chi connectivity index (χ1n) is 11.3. The van der Waals surface area contributed by atoms with E-state index in [4.69, 9.17) is 20.8 Å². The summed E-state index contributed by atoms with van der Waals surface area (Å²) >= 11 is 6.09. The molecule has 13 heteroatoms. The smallest absolute Gasteiger partial charge is 0.338 e. The Balaban J connectivity index is 1.65. The highest BCUT2D eigenvalue weighted by molar-refractivity contribution is 7.91. The molecule has 2 aromatic carbocycles. The predicted octanol–water partition coefficient (Wildman–Crippen LogP) is 4.35. The number of hydrogen-bond acceptors (Lipinski definition) is 9. The van der Waals surface area contributed by atoms with Crippen molar-refractivity contribution in [2.75, 3.05) is 23.0 Å². The van der Waals surface area contributed by atoms with Crippen LogP contribution in [0.1, 0.15) is 45.2 Å². The zero-order chi connectivity index (χ0) is 27.4. The van der Waals surface area contributed by atoms with Crippen LogP contribution in [0.4, 0.5) is 11.4 Å². The molecule has 0 aliphatic rings. The molecule has 38 heavy (non-hydrogen) atoms. The summed E-state index contributed by atoms with van der Waals surface area (Å²) in [6.07, 6.45) is 1.02. The lowest BCUT2D eigenvalue weighted by atomic mass is 10.2. The molecule has 4 aromatic rings. The Hall–Kier alpha value is -4.29. The second kappa shape index (κ2) is 11.0. The number of carbonyl (C=O) groups is 3. The molecule has 0 spiro atoms. The molecule has 0 bridgehead atoms. The lowest BCUT2D eigenvalue weighted by molar-refractivity contribution is 0.0526. The second-order valence-corrected chi connectivity index (χ2v) is 10.3. The number of halogens is 1. The van der Waals surface area contributed by atoms with E-state index in [1.807, 2.05) is 0 Å². The van der Waals surface area contributed by atoms with Gasteiger partial charge in [0.15, 0.2) is 5.69 Å². The number of furan rings is 1. The van der Waals surface area contributed by atoms with Crippen molar-refractivity contribution in [2.45, 2.75) is 19.0 Å². The minimum absolute atomic E-state index is 0.0285. The summed E-state index contributed by atoms with van der Waals surface area (Å²) in [5, 5.41) is 4.90. The second-order valence-electron chi connectivity index (χ2n) is 7.76. The monoisotopic (exact) mass is 556 g/mol. The van der Waals surface area contributed by atoms with Crippen molar-refractivity contribution in [3.05, 3.63) is 76.8 Å². The highest BCUT2D eigenvalue weighted by Gasteiger charge is 2.26. The van der Waals surface area contributed by atoms with E-state index in [9.17, 15) is 22.8 Å². The Bertz CT molecular complexity index is 1650. The van der Waals surface area contributed by atoms with Gasteiger partial charge in [-0.15, -0.1) is 0 Å². The van der Waals surface area contributed by atoms with E-state index in [2.05, 4.69) is 20.6 Å². The number of aromatic nitrogens is 2. The normalized spacial score (nSPS) is 11.2. The number of anilines is 2. The summed E-state index contributed by atoms with van der Waals surface area (Å²) in [6.45, 7) is 3.34. The van der Waals surface area contributed by atoms with Gasteiger partial charge in [0.25, 0.3) is 11.8 Å². The van der Waals surface area contributed by atoms with Gasteiger partial charge in [0.1, 0.15) is 11.3 Å². The third-order valence-electron chi connectivity index (χ3n) is 5.29. The Labute approximate surface area is 222 Å². The van der Waals surface area contributed by atoms with Crippen LogP contribution in [0, 0.1) is 0 Å². The average Bonchev–Trinajstić information content (AvgIpc) is 3.27. The zero-order valence-corrected chi connectivity index (χ0v) is 21.7. The van der Waals surface area contributed by atoms with E-state index in [1.165, 1.54) is 31.2 Å². The number of nitrogens with one attached hydrogen (secondary N) is 2. The SMILES string of the molecule is CCOC(=O)c1ccc(NC(=O)c2oc3ccccc3c2NC(=O)c2nc(S(=O)(=O)CC)ncc2Cl)cc1. The Morgan fingerprint density at radius 1 is 1.00 bits per heavy atom. The van der Waals surface area contributed by atoms with Crippen molar-refractivity contribution in [1.82, 2.24) is 9.97 Å². The summed E-state index contributed by atoms with van der Waals surface area (Å²) in [4.78, 5) is 45.7. The Morgan fingerprint density at radius 3 is 2.39 bits per heavy atom. The third kappa shape index (κ3) is 5.50. The molecule has 2 aromatic heterocycles. The van der Waals surface area contributed by atoms with Gasteiger partial charge in [0, 0.05) is 11.1 Å². The van der Waals surface area contributed by atoms with Crippen LogP contribution in [-0.2, 0) is 14.6 Å². The number of benzene rings is 2. The molecule has 0 saturated heterocycles. The molecule has 0 aliphatic heterocycles. The van der Waals surface area contributed by atoms with E-state index in [0.29, 0.717) is 22.2 Å². The van der Waals surface area contributed by atoms with E-state index in [1.54, 1.807) is 31.2 Å². The fraction of sp³-hybridized carbons (Fsp3) is 0.160. The van der Waals surface area contributed by atoms with Crippen LogP contribution in [0.5, 0.6) is 0 Å². The van der Waals surface area contributed by atoms with Crippen LogP contribution >= 0.6 is 11.6 Å². The van der Waals surface area contributed by atoms with Crippen LogP contribution in [0.3, 0.4) is 0 Å². The van der Waals surface area contributed by atoms with E-state index in [-0.39, 0.29) is 34.5 Å². The van der Waals surface area contributed by atoms with Gasteiger partial charge in [-0.1, -0.05) is 30.7 Å². The maximum absolute atomic E-state index is 13.2. The van der Waals surface area contributed by atoms with E-state index < -0.39 is 32.8 Å². The fourth-order valence-electron chi connectivity index (χ4n) is 3.38. The number of ether oxygens (including phenoxy) is 1. The molecule has 196 valence electrons. The van der Waals surface area contributed by atoms with Crippen LogP contribution in [0.25, 0.3) is 11.0 Å². The molecule has 0 unspecified atom stereocenters. The lowest BCUT2D eigenvalue weighted by Gasteiger charge is -2.09. The summed E-state index contributed by atoms with van der Waals surface area (Å²) < 4.78 is 35.1. The molecule has 4 rings (SSSR count). The first-order chi connectivity index (χ1) is 18.1. The number of sulfone groups is 1. The molecule has 0 fully saturated rings. The van der Waals surface area contributed by atoms with Crippen molar-refractivity contribution in [1.29, 1.82) is 0 Å². The molecule has 0 aliphatic carbocycles. The largest absolute Gasteiger partial charge is 0.462 e.